The maximum absolute atomic E-state index is 10.8. The summed E-state index contributed by atoms with van der Waals surface area (Å²) in [5.41, 5.74) is 1.05. The van der Waals surface area contributed by atoms with Gasteiger partial charge in [-0.15, -0.1) is 0 Å². The Hall–Kier alpha value is -0.830. The first kappa shape index (κ1) is 8.27. The van der Waals surface area contributed by atoms with Crippen LogP contribution in [0.25, 0.3) is 0 Å². The molecule has 0 aromatic carbocycles. The number of hydrogen-bond acceptors (Lipinski definition) is 3. The van der Waals surface area contributed by atoms with E-state index in [4.69, 9.17) is 5.11 Å². The molecule has 0 saturated heterocycles. The Morgan fingerprint density at radius 2 is 2.36 bits per heavy atom. The number of hydrogen-bond donors (Lipinski definition) is 1. The monoisotopic (exact) mass is 155 g/mol. The molecule has 0 bridgehead atoms. The summed E-state index contributed by atoms with van der Waals surface area (Å²) in [7, 11) is 1.89. The molecule has 62 valence electrons. The predicted octanol–water partition coefficient (Wildman–Crippen LogP) is 0.157. The fraction of sp³-hybridized carbons (Fsp3) is 0.625. The minimum absolute atomic E-state index is 0.141. The Labute approximate surface area is 66.3 Å². The molecule has 0 aromatic heterocycles. The molecule has 0 unspecified atom stereocenters. The van der Waals surface area contributed by atoms with Crippen LogP contribution in [0.4, 0.5) is 0 Å². The Bertz CT molecular complexity index is 187. The number of nitrogens with zero attached hydrogens (tertiary/aromatic N) is 1. The van der Waals surface area contributed by atoms with Gasteiger partial charge < -0.3 is 10.0 Å². The van der Waals surface area contributed by atoms with Gasteiger partial charge in [0.25, 0.3) is 0 Å². The third-order valence-corrected chi connectivity index (χ3v) is 1.88. The van der Waals surface area contributed by atoms with Gasteiger partial charge in [0.1, 0.15) is 0 Å². The number of likely N-dealkylation sites (N-methyl/N-ethyl adjacent to an activating group) is 1. The van der Waals surface area contributed by atoms with Crippen LogP contribution in [0, 0.1) is 0 Å². The topological polar surface area (TPSA) is 40.5 Å². The number of carbonyl (C=O) groups is 1. The van der Waals surface area contributed by atoms with Crippen LogP contribution in [0.1, 0.15) is 12.8 Å². The van der Waals surface area contributed by atoms with E-state index >= 15 is 0 Å². The Kier molecular flexibility index (Phi) is 2.65. The van der Waals surface area contributed by atoms with Gasteiger partial charge in [-0.25, -0.2) is 0 Å². The molecule has 3 heteroatoms. The lowest BCUT2D eigenvalue weighted by Crippen LogP contribution is -2.20. The number of ketones is 1. The summed E-state index contributed by atoms with van der Waals surface area (Å²) in [6.07, 6.45) is 3.12. The van der Waals surface area contributed by atoms with Gasteiger partial charge in [-0.05, 0) is 6.42 Å². The van der Waals surface area contributed by atoms with Crippen molar-refractivity contribution < 1.29 is 9.90 Å². The van der Waals surface area contributed by atoms with Crippen LogP contribution in [0.15, 0.2) is 11.8 Å². The van der Waals surface area contributed by atoms with E-state index in [2.05, 4.69) is 0 Å². The van der Waals surface area contributed by atoms with Gasteiger partial charge in [0.15, 0.2) is 5.78 Å². The summed E-state index contributed by atoms with van der Waals surface area (Å²) in [6, 6.07) is 0. The molecule has 1 rings (SSSR count). The maximum atomic E-state index is 10.8. The second-order valence-corrected chi connectivity index (χ2v) is 2.75. The summed E-state index contributed by atoms with van der Waals surface area (Å²) in [5.74, 6) is 0.199. The van der Waals surface area contributed by atoms with Gasteiger partial charge >= 0.3 is 0 Å². The molecular formula is C8H13NO2. The van der Waals surface area contributed by atoms with Gasteiger partial charge in [0, 0.05) is 31.8 Å². The van der Waals surface area contributed by atoms with E-state index in [0.717, 1.165) is 12.1 Å². The quantitative estimate of drug-likeness (QED) is 0.631. The third kappa shape index (κ3) is 2.05. The first-order valence-electron chi connectivity index (χ1n) is 3.79. The second kappa shape index (κ2) is 3.53. The van der Waals surface area contributed by atoms with E-state index < -0.39 is 0 Å². The zero-order valence-electron chi connectivity index (χ0n) is 6.71. The van der Waals surface area contributed by atoms with E-state index in [1.165, 1.54) is 0 Å². The Balaban J connectivity index is 2.47. The van der Waals surface area contributed by atoms with Crippen LogP contribution < -0.4 is 0 Å². The molecule has 1 N–H and O–H groups in total. The van der Waals surface area contributed by atoms with Gasteiger partial charge in [-0.2, -0.15) is 0 Å². The molecule has 0 amide bonds. The normalized spacial score (nSPS) is 16.9. The van der Waals surface area contributed by atoms with Crippen LogP contribution in [0.5, 0.6) is 0 Å². The molecule has 0 aromatic rings. The lowest BCUT2D eigenvalue weighted by atomic mass is 10.3. The average molecular weight is 155 g/mol. The van der Waals surface area contributed by atoms with Gasteiger partial charge in [0.2, 0.25) is 0 Å². The number of carbonyl (C=O) groups excluding carboxylic acids is 1. The molecule has 0 radical (unpaired) electrons. The highest BCUT2D eigenvalue weighted by Crippen LogP contribution is 2.16. The number of aliphatic hydroxyl groups excluding tert-OH is 1. The third-order valence-electron chi connectivity index (χ3n) is 1.88. The highest BCUT2D eigenvalue weighted by molar-refractivity contribution is 5.92. The largest absolute Gasteiger partial charge is 0.395 e. The summed E-state index contributed by atoms with van der Waals surface area (Å²) >= 11 is 0. The standard InChI is InChI=1S/C8H13NO2/c1-9(4-5-10)7-2-3-8(11)6-7/h6,10H,2-5H2,1H3. The zero-order valence-corrected chi connectivity index (χ0v) is 6.71. The summed E-state index contributed by atoms with van der Waals surface area (Å²) in [4.78, 5) is 12.7. The van der Waals surface area contributed by atoms with E-state index in [1.54, 1.807) is 6.08 Å². The zero-order chi connectivity index (χ0) is 8.27. The second-order valence-electron chi connectivity index (χ2n) is 2.75. The molecule has 0 atom stereocenters. The fourth-order valence-electron chi connectivity index (χ4n) is 1.18. The summed E-state index contributed by atoms with van der Waals surface area (Å²) < 4.78 is 0. The molecule has 0 spiro atoms. The molecule has 1 aliphatic carbocycles. The van der Waals surface area contributed by atoms with Crippen molar-refractivity contribution >= 4 is 5.78 Å². The number of rotatable bonds is 3. The van der Waals surface area contributed by atoms with E-state index in [9.17, 15) is 4.79 Å². The predicted molar refractivity (Wildman–Crippen MR) is 42.0 cm³/mol. The summed E-state index contributed by atoms with van der Waals surface area (Å²) in [6.45, 7) is 0.751. The molecule has 1 aliphatic rings. The van der Waals surface area contributed by atoms with Gasteiger partial charge in [-0.1, -0.05) is 0 Å². The molecule has 0 saturated carbocycles. The molecule has 0 fully saturated rings. The van der Waals surface area contributed by atoms with Crippen LogP contribution >= 0.6 is 0 Å². The van der Waals surface area contributed by atoms with Crippen LogP contribution in [-0.2, 0) is 4.79 Å². The smallest absolute Gasteiger partial charge is 0.157 e. The van der Waals surface area contributed by atoms with Crippen molar-refractivity contribution in [3.8, 4) is 0 Å². The van der Waals surface area contributed by atoms with Crippen LogP contribution in [0.2, 0.25) is 0 Å². The minimum Gasteiger partial charge on any atom is -0.395 e. The first-order valence-corrected chi connectivity index (χ1v) is 3.79. The molecule has 11 heavy (non-hydrogen) atoms. The van der Waals surface area contributed by atoms with Crippen molar-refractivity contribution in [1.82, 2.24) is 4.90 Å². The van der Waals surface area contributed by atoms with Crippen LogP contribution in [-0.4, -0.2) is 36.0 Å². The minimum atomic E-state index is 0.141. The SMILES string of the molecule is CN(CCO)C1=CC(=O)CC1. The maximum Gasteiger partial charge on any atom is 0.157 e. The van der Waals surface area contributed by atoms with Crippen molar-refractivity contribution in [2.75, 3.05) is 20.2 Å². The highest BCUT2D eigenvalue weighted by atomic mass is 16.3. The molecular weight excluding hydrogens is 142 g/mol. The summed E-state index contributed by atoms with van der Waals surface area (Å²) in [5, 5.41) is 8.61. The van der Waals surface area contributed by atoms with Crippen molar-refractivity contribution in [2.24, 2.45) is 0 Å². The van der Waals surface area contributed by atoms with Crippen molar-refractivity contribution in [3.05, 3.63) is 11.8 Å². The molecule has 0 heterocycles. The number of aliphatic hydroxyl groups is 1. The fourth-order valence-corrected chi connectivity index (χ4v) is 1.18. The van der Waals surface area contributed by atoms with Crippen molar-refractivity contribution in [3.63, 3.8) is 0 Å². The van der Waals surface area contributed by atoms with E-state index in [1.807, 2.05) is 11.9 Å². The average Bonchev–Trinajstić information content (AvgIpc) is 2.36. The number of allylic oxidation sites excluding steroid dienone is 2. The van der Waals surface area contributed by atoms with Crippen molar-refractivity contribution in [2.45, 2.75) is 12.8 Å². The van der Waals surface area contributed by atoms with Crippen LogP contribution in [0.3, 0.4) is 0 Å². The lowest BCUT2D eigenvalue weighted by molar-refractivity contribution is -0.114. The lowest BCUT2D eigenvalue weighted by Gasteiger charge is -2.18. The molecule has 3 nitrogen and oxygen atoms in total. The first-order chi connectivity index (χ1) is 5.24. The molecule has 0 aliphatic heterocycles. The highest BCUT2D eigenvalue weighted by Gasteiger charge is 2.14. The van der Waals surface area contributed by atoms with Gasteiger partial charge in [0.05, 0.1) is 6.61 Å². The Morgan fingerprint density at radius 1 is 1.64 bits per heavy atom. The van der Waals surface area contributed by atoms with E-state index in [-0.39, 0.29) is 12.4 Å². The van der Waals surface area contributed by atoms with Crippen molar-refractivity contribution in [1.29, 1.82) is 0 Å². The van der Waals surface area contributed by atoms with E-state index in [0.29, 0.717) is 13.0 Å². The Morgan fingerprint density at radius 3 is 2.82 bits per heavy atom. The van der Waals surface area contributed by atoms with Gasteiger partial charge in [-0.3, -0.25) is 4.79 Å².